The number of aromatic nitrogens is 2. The number of carbonyl (C=O) groups is 1. The van der Waals surface area contributed by atoms with Gasteiger partial charge in [-0.2, -0.15) is 0 Å². The molecule has 35 heavy (non-hydrogen) atoms. The minimum Gasteiger partial charge on any atom is -0.481 e. The predicted molar refractivity (Wildman–Crippen MR) is 136 cm³/mol. The molecule has 5 rings (SSSR count). The highest BCUT2D eigenvalue weighted by Crippen LogP contribution is 2.44. The largest absolute Gasteiger partial charge is 0.481 e. The van der Waals surface area contributed by atoms with Gasteiger partial charge in [0.1, 0.15) is 5.69 Å². The first kappa shape index (κ1) is 24.4. The summed E-state index contributed by atoms with van der Waals surface area (Å²) in [6.07, 6.45) is 13.1. The second-order valence-electron chi connectivity index (χ2n) is 11.0. The Labute approximate surface area is 207 Å². The van der Waals surface area contributed by atoms with Gasteiger partial charge in [0.15, 0.2) is 0 Å². The van der Waals surface area contributed by atoms with Gasteiger partial charge in [0.2, 0.25) is 0 Å². The van der Waals surface area contributed by atoms with Crippen molar-refractivity contribution in [2.45, 2.75) is 120 Å². The summed E-state index contributed by atoms with van der Waals surface area (Å²) in [5.41, 5.74) is 2.04. The summed E-state index contributed by atoms with van der Waals surface area (Å²) in [5, 5.41) is 19.0. The average molecular weight is 482 g/mol. The summed E-state index contributed by atoms with van der Waals surface area (Å²) < 4.78 is 1.99. The van der Waals surface area contributed by atoms with E-state index in [1.165, 1.54) is 57.8 Å². The first-order valence-corrected chi connectivity index (χ1v) is 13.7. The number of fused-ring (bicyclic) bond motifs is 3. The highest BCUT2D eigenvalue weighted by molar-refractivity contribution is 5.74. The van der Waals surface area contributed by atoms with Crippen LogP contribution in [0.2, 0.25) is 0 Å². The number of aryl methyl sites for hydroxylation is 1. The third kappa shape index (κ3) is 5.31. The van der Waals surface area contributed by atoms with Crippen molar-refractivity contribution >= 4 is 17.0 Å². The molecule has 1 aliphatic carbocycles. The van der Waals surface area contributed by atoms with E-state index in [2.05, 4.69) is 9.88 Å². The number of nitrogens with zero attached hydrogens (tertiary/aromatic N) is 3. The van der Waals surface area contributed by atoms with Gasteiger partial charge in [-0.05, 0) is 63.5 Å². The molecular weight excluding hydrogens is 442 g/mol. The van der Waals surface area contributed by atoms with Crippen molar-refractivity contribution in [3.05, 3.63) is 40.3 Å². The van der Waals surface area contributed by atoms with Gasteiger partial charge in [0.05, 0.1) is 23.6 Å². The van der Waals surface area contributed by atoms with Crippen LogP contribution in [-0.2, 0) is 11.2 Å². The second-order valence-corrected chi connectivity index (χ2v) is 11.0. The Kier molecular flexibility index (Phi) is 7.54. The SMILES string of the molecule is O=C(O)CC(O)CCc1nc2ccccc2n(C2C[C@H]3CC[C@@H](C2)N3C2CCCCCCC2)c1=O. The van der Waals surface area contributed by atoms with E-state index in [0.29, 0.717) is 23.8 Å². The lowest BCUT2D eigenvalue weighted by atomic mass is 9.89. The fourth-order valence-corrected chi connectivity index (χ4v) is 7.06. The van der Waals surface area contributed by atoms with Crippen LogP contribution in [0.1, 0.15) is 95.2 Å². The third-order valence-electron chi connectivity index (χ3n) is 8.61. The Hall–Kier alpha value is -2.25. The molecule has 1 aromatic carbocycles. The van der Waals surface area contributed by atoms with Crippen molar-refractivity contribution in [1.82, 2.24) is 14.5 Å². The molecule has 2 unspecified atom stereocenters. The van der Waals surface area contributed by atoms with Crippen molar-refractivity contribution in [2.24, 2.45) is 0 Å². The summed E-state index contributed by atoms with van der Waals surface area (Å²) in [7, 11) is 0. The van der Waals surface area contributed by atoms with Gasteiger partial charge in [0, 0.05) is 24.2 Å². The van der Waals surface area contributed by atoms with Crippen LogP contribution in [0, 0.1) is 0 Å². The Bertz CT molecular complexity index is 1080. The van der Waals surface area contributed by atoms with E-state index >= 15 is 0 Å². The first-order chi connectivity index (χ1) is 17.0. The molecular formula is C28H39N3O4. The van der Waals surface area contributed by atoms with Gasteiger partial charge in [0.25, 0.3) is 5.56 Å². The summed E-state index contributed by atoms with van der Waals surface area (Å²) >= 11 is 0. The standard InChI is InChI=1S/C28H39N3O4/c32-23(18-27(33)34)14-15-25-28(35)31(26-11-7-6-10-24(26)29-25)22-16-20-12-13-21(17-22)30(20)19-8-4-2-1-3-5-9-19/h6-7,10-11,19-23,32H,1-5,8-9,12-18H2,(H,33,34)/t20-,21+,22?,23?. The molecule has 2 aliphatic heterocycles. The van der Waals surface area contributed by atoms with E-state index in [-0.39, 0.29) is 30.9 Å². The molecule has 2 aromatic rings. The van der Waals surface area contributed by atoms with Crippen molar-refractivity contribution in [3.8, 4) is 0 Å². The van der Waals surface area contributed by atoms with Crippen LogP contribution in [-0.4, -0.2) is 54.9 Å². The van der Waals surface area contributed by atoms with E-state index < -0.39 is 12.1 Å². The van der Waals surface area contributed by atoms with Crippen molar-refractivity contribution in [3.63, 3.8) is 0 Å². The zero-order valence-corrected chi connectivity index (χ0v) is 20.6. The van der Waals surface area contributed by atoms with Gasteiger partial charge in [-0.1, -0.05) is 44.2 Å². The van der Waals surface area contributed by atoms with Crippen LogP contribution < -0.4 is 5.56 Å². The Balaban J connectivity index is 1.40. The van der Waals surface area contributed by atoms with E-state index in [1.807, 2.05) is 28.8 Å². The number of hydrogen-bond donors (Lipinski definition) is 2. The Morgan fingerprint density at radius 3 is 2.29 bits per heavy atom. The molecule has 0 amide bonds. The molecule has 2 N–H and O–H groups in total. The number of rotatable bonds is 7. The lowest BCUT2D eigenvalue weighted by Crippen LogP contribution is -2.50. The molecule has 2 saturated heterocycles. The lowest BCUT2D eigenvalue weighted by Gasteiger charge is -2.45. The van der Waals surface area contributed by atoms with Crippen LogP contribution >= 0.6 is 0 Å². The van der Waals surface area contributed by atoms with Gasteiger partial charge in [-0.25, -0.2) is 4.98 Å². The smallest absolute Gasteiger partial charge is 0.305 e. The van der Waals surface area contributed by atoms with Gasteiger partial charge < -0.3 is 14.8 Å². The van der Waals surface area contributed by atoms with Crippen LogP contribution in [0.4, 0.5) is 0 Å². The van der Waals surface area contributed by atoms with Crippen molar-refractivity contribution in [2.75, 3.05) is 0 Å². The molecule has 7 nitrogen and oxygen atoms in total. The summed E-state index contributed by atoms with van der Waals surface area (Å²) in [6.45, 7) is 0. The van der Waals surface area contributed by atoms with Gasteiger partial charge in [-0.3, -0.25) is 14.5 Å². The zero-order chi connectivity index (χ0) is 24.4. The number of hydrogen-bond acceptors (Lipinski definition) is 5. The molecule has 4 atom stereocenters. The topological polar surface area (TPSA) is 95.7 Å². The fraction of sp³-hybridized carbons (Fsp3) is 0.679. The number of para-hydroxylation sites is 2. The van der Waals surface area contributed by atoms with Gasteiger partial charge >= 0.3 is 5.97 Å². The number of aliphatic hydroxyl groups excluding tert-OH is 1. The Morgan fingerprint density at radius 2 is 1.60 bits per heavy atom. The normalized spacial score (nSPS) is 26.9. The van der Waals surface area contributed by atoms with Crippen LogP contribution in [0.5, 0.6) is 0 Å². The highest BCUT2D eigenvalue weighted by atomic mass is 16.4. The molecule has 1 saturated carbocycles. The predicted octanol–water partition coefficient (Wildman–Crippen LogP) is 4.45. The first-order valence-electron chi connectivity index (χ1n) is 13.7. The molecule has 190 valence electrons. The maximum atomic E-state index is 13.7. The Morgan fingerprint density at radius 1 is 0.943 bits per heavy atom. The van der Waals surface area contributed by atoms with E-state index in [9.17, 15) is 14.7 Å². The molecule has 3 fully saturated rings. The highest BCUT2D eigenvalue weighted by Gasteiger charge is 2.44. The summed E-state index contributed by atoms with van der Waals surface area (Å²) in [5.74, 6) is -1.03. The molecule has 0 radical (unpaired) electrons. The quantitative estimate of drug-likeness (QED) is 0.607. The monoisotopic (exact) mass is 481 g/mol. The van der Waals surface area contributed by atoms with Crippen LogP contribution in [0.3, 0.4) is 0 Å². The minimum atomic E-state index is -1.03. The lowest BCUT2D eigenvalue weighted by molar-refractivity contribution is -0.139. The molecule has 0 spiro atoms. The minimum absolute atomic E-state index is 0.0740. The molecule has 1 aromatic heterocycles. The van der Waals surface area contributed by atoms with Crippen LogP contribution in [0.15, 0.2) is 29.1 Å². The second kappa shape index (κ2) is 10.8. The number of aliphatic carboxylic acids is 1. The molecule has 2 bridgehead atoms. The van der Waals surface area contributed by atoms with E-state index in [4.69, 9.17) is 5.11 Å². The van der Waals surface area contributed by atoms with Gasteiger partial charge in [-0.15, -0.1) is 0 Å². The molecule has 3 aliphatic rings. The number of carboxylic acid groups (broad SMARTS) is 1. The zero-order valence-electron chi connectivity index (χ0n) is 20.6. The fourth-order valence-electron chi connectivity index (χ4n) is 7.06. The number of piperidine rings is 1. The van der Waals surface area contributed by atoms with Crippen LogP contribution in [0.25, 0.3) is 11.0 Å². The number of benzene rings is 1. The number of aliphatic hydroxyl groups is 1. The summed E-state index contributed by atoms with van der Waals surface area (Å²) in [6, 6.07) is 9.79. The van der Waals surface area contributed by atoms with Crippen molar-refractivity contribution in [1.29, 1.82) is 0 Å². The molecule has 3 heterocycles. The maximum absolute atomic E-state index is 13.7. The number of carboxylic acids is 1. The summed E-state index contributed by atoms with van der Waals surface area (Å²) in [4.78, 5) is 32.1. The average Bonchev–Trinajstić information content (AvgIpc) is 3.06. The third-order valence-corrected chi connectivity index (χ3v) is 8.61. The van der Waals surface area contributed by atoms with E-state index in [1.54, 1.807) is 0 Å². The maximum Gasteiger partial charge on any atom is 0.305 e. The molecule has 7 heteroatoms. The van der Waals surface area contributed by atoms with Crippen molar-refractivity contribution < 1.29 is 15.0 Å². The van der Waals surface area contributed by atoms with E-state index in [0.717, 1.165) is 23.9 Å².